The zero-order valence-corrected chi connectivity index (χ0v) is 15.1. The number of nitrogens with one attached hydrogen (secondary N) is 2. The third-order valence-electron chi connectivity index (χ3n) is 4.14. The number of pyridine rings is 1. The highest BCUT2D eigenvalue weighted by atomic mass is 16.5. The van der Waals surface area contributed by atoms with E-state index in [0.29, 0.717) is 30.6 Å². The van der Waals surface area contributed by atoms with E-state index in [0.717, 1.165) is 19.6 Å². The van der Waals surface area contributed by atoms with E-state index in [9.17, 15) is 9.59 Å². The predicted molar refractivity (Wildman–Crippen MR) is 96.5 cm³/mol. The summed E-state index contributed by atoms with van der Waals surface area (Å²) < 4.78 is 5.34. The van der Waals surface area contributed by atoms with Gasteiger partial charge in [0.15, 0.2) is 0 Å². The van der Waals surface area contributed by atoms with Crippen molar-refractivity contribution in [2.75, 3.05) is 38.1 Å². The Hall–Kier alpha value is -2.15. The topological polar surface area (TPSA) is 83.6 Å². The van der Waals surface area contributed by atoms with Crippen LogP contribution in [0.25, 0.3) is 0 Å². The van der Waals surface area contributed by atoms with Crippen molar-refractivity contribution < 1.29 is 14.3 Å². The van der Waals surface area contributed by atoms with Crippen LogP contribution in [0.4, 0.5) is 5.69 Å². The number of nitrogens with zero attached hydrogens (tertiary/aromatic N) is 2. The third kappa shape index (κ3) is 6.34. The molecule has 0 radical (unpaired) electrons. The lowest BCUT2D eigenvalue weighted by atomic mass is 10.1. The molecule has 1 aliphatic heterocycles. The molecule has 0 aromatic carbocycles. The molecule has 1 saturated heterocycles. The molecule has 2 heterocycles. The number of aromatic nitrogens is 1. The van der Waals surface area contributed by atoms with Gasteiger partial charge in [0.2, 0.25) is 5.88 Å². The van der Waals surface area contributed by atoms with Crippen molar-refractivity contribution in [3.63, 3.8) is 0 Å². The van der Waals surface area contributed by atoms with Gasteiger partial charge in [0, 0.05) is 19.3 Å². The first-order valence-corrected chi connectivity index (χ1v) is 8.99. The summed E-state index contributed by atoms with van der Waals surface area (Å²) in [5.41, 5.74) is 0.394. The van der Waals surface area contributed by atoms with Crippen molar-refractivity contribution in [1.29, 1.82) is 0 Å². The van der Waals surface area contributed by atoms with Gasteiger partial charge < -0.3 is 20.3 Å². The molecule has 0 aliphatic carbocycles. The molecule has 2 rings (SSSR count). The smallest absolute Gasteiger partial charge is 0.313 e. The van der Waals surface area contributed by atoms with Crippen molar-refractivity contribution in [2.45, 2.75) is 33.1 Å². The molecule has 1 atom stereocenters. The zero-order valence-electron chi connectivity index (χ0n) is 15.1. The molecule has 1 unspecified atom stereocenters. The number of carbonyl (C=O) groups excluding carboxylic acids is 2. The van der Waals surface area contributed by atoms with E-state index in [4.69, 9.17) is 4.74 Å². The average molecular weight is 348 g/mol. The Morgan fingerprint density at radius 1 is 1.28 bits per heavy atom. The van der Waals surface area contributed by atoms with Crippen LogP contribution in [0.5, 0.6) is 5.88 Å². The van der Waals surface area contributed by atoms with Crippen LogP contribution in [-0.2, 0) is 9.59 Å². The molecule has 7 nitrogen and oxygen atoms in total. The summed E-state index contributed by atoms with van der Waals surface area (Å²) >= 11 is 0. The molecule has 2 amide bonds. The fourth-order valence-electron chi connectivity index (χ4n) is 2.91. The number of likely N-dealkylation sites (tertiary alicyclic amines) is 1. The van der Waals surface area contributed by atoms with Gasteiger partial charge >= 0.3 is 11.8 Å². The second kappa shape index (κ2) is 9.98. The van der Waals surface area contributed by atoms with Gasteiger partial charge in [-0.1, -0.05) is 13.3 Å². The molecule has 1 aromatic rings. The van der Waals surface area contributed by atoms with E-state index in [1.165, 1.54) is 19.3 Å². The third-order valence-corrected chi connectivity index (χ3v) is 4.14. The fourth-order valence-corrected chi connectivity index (χ4v) is 2.91. The summed E-state index contributed by atoms with van der Waals surface area (Å²) in [6, 6.07) is 3.33. The lowest BCUT2D eigenvalue weighted by Crippen LogP contribution is -2.41. The molecular formula is C18H28N4O3. The highest BCUT2D eigenvalue weighted by molar-refractivity contribution is 6.39. The lowest BCUT2D eigenvalue weighted by Gasteiger charge is -2.29. The van der Waals surface area contributed by atoms with Crippen LogP contribution in [0.1, 0.15) is 33.1 Å². The van der Waals surface area contributed by atoms with Gasteiger partial charge in [0.25, 0.3) is 0 Å². The Balaban J connectivity index is 1.77. The van der Waals surface area contributed by atoms with Crippen LogP contribution in [0.3, 0.4) is 0 Å². The van der Waals surface area contributed by atoms with Crippen molar-refractivity contribution in [3.05, 3.63) is 18.3 Å². The number of piperidine rings is 1. The molecule has 2 N–H and O–H groups in total. The molecule has 7 heteroatoms. The molecule has 25 heavy (non-hydrogen) atoms. The van der Waals surface area contributed by atoms with E-state index in [2.05, 4.69) is 27.4 Å². The number of carbonyl (C=O) groups is 2. The predicted octanol–water partition coefficient (Wildman–Crippen LogP) is 1.66. The first-order chi connectivity index (χ1) is 12.1. The molecule has 0 saturated carbocycles. The van der Waals surface area contributed by atoms with Gasteiger partial charge in [-0.25, -0.2) is 4.98 Å². The van der Waals surface area contributed by atoms with E-state index < -0.39 is 11.8 Å². The highest BCUT2D eigenvalue weighted by Gasteiger charge is 2.18. The molecule has 138 valence electrons. The largest absolute Gasteiger partial charge is 0.476 e. The van der Waals surface area contributed by atoms with Crippen molar-refractivity contribution in [1.82, 2.24) is 15.2 Å². The minimum absolute atomic E-state index is 0.298. The van der Waals surface area contributed by atoms with Crippen molar-refractivity contribution in [2.24, 2.45) is 5.92 Å². The van der Waals surface area contributed by atoms with E-state index in [1.54, 1.807) is 18.3 Å². The van der Waals surface area contributed by atoms with Gasteiger partial charge in [-0.2, -0.15) is 0 Å². The van der Waals surface area contributed by atoms with Gasteiger partial charge in [-0.3, -0.25) is 9.59 Å². The monoisotopic (exact) mass is 348 g/mol. The lowest BCUT2D eigenvalue weighted by molar-refractivity contribution is -0.136. The number of hydrogen-bond acceptors (Lipinski definition) is 5. The summed E-state index contributed by atoms with van der Waals surface area (Å²) in [4.78, 5) is 30.5. The maximum Gasteiger partial charge on any atom is 0.313 e. The first-order valence-electron chi connectivity index (χ1n) is 8.99. The van der Waals surface area contributed by atoms with Crippen LogP contribution in [0, 0.1) is 5.92 Å². The minimum atomic E-state index is -0.709. The van der Waals surface area contributed by atoms with Crippen LogP contribution in [-0.4, -0.2) is 54.5 Å². The van der Waals surface area contributed by atoms with Gasteiger partial charge in [-0.05, 0) is 50.9 Å². The maximum absolute atomic E-state index is 12.1. The Morgan fingerprint density at radius 2 is 2.04 bits per heavy atom. The van der Waals surface area contributed by atoms with E-state index in [1.807, 2.05) is 6.92 Å². The van der Waals surface area contributed by atoms with Crippen molar-refractivity contribution >= 4 is 17.5 Å². The van der Waals surface area contributed by atoms with Crippen LogP contribution in [0.15, 0.2) is 18.3 Å². The van der Waals surface area contributed by atoms with Gasteiger partial charge in [0.05, 0.1) is 6.61 Å². The first kappa shape index (κ1) is 19.2. The van der Waals surface area contributed by atoms with Crippen LogP contribution in [0.2, 0.25) is 0 Å². The highest BCUT2D eigenvalue weighted by Crippen LogP contribution is 2.20. The van der Waals surface area contributed by atoms with E-state index >= 15 is 0 Å². The SMILES string of the molecule is CCOc1ncccc1NC(=O)C(=O)NCC(C)CN1CCCCC1. The minimum Gasteiger partial charge on any atom is -0.476 e. The Kier molecular flexibility index (Phi) is 7.66. The van der Waals surface area contributed by atoms with E-state index in [-0.39, 0.29) is 0 Å². The van der Waals surface area contributed by atoms with Gasteiger partial charge in [0.1, 0.15) is 5.69 Å². The number of amides is 2. The Labute approximate surface area is 149 Å². The maximum atomic E-state index is 12.1. The quantitative estimate of drug-likeness (QED) is 0.732. The average Bonchev–Trinajstić information content (AvgIpc) is 2.62. The summed E-state index contributed by atoms with van der Waals surface area (Å²) in [7, 11) is 0. The zero-order chi connectivity index (χ0) is 18.1. The molecular weight excluding hydrogens is 320 g/mol. The van der Waals surface area contributed by atoms with Crippen molar-refractivity contribution in [3.8, 4) is 5.88 Å². The Morgan fingerprint density at radius 3 is 2.76 bits per heavy atom. The number of ether oxygens (including phenoxy) is 1. The fraction of sp³-hybridized carbons (Fsp3) is 0.611. The second-order valence-corrected chi connectivity index (χ2v) is 6.42. The summed E-state index contributed by atoms with van der Waals surface area (Å²) in [6.45, 7) is 8.02. The van der Waals surface area contributed by atoms with Crippen LogP contribution >= 0.6 is 0 Å². The molecule has 1 fully saturated rings. The number of anilines is 1. The summed E-state index contributed by atoms with van der Waals surface area (Å²) in [5.74, 6) is -0.743. The number of rotatable bonds is 7. The molecule has 0 spiro atoms. The summed E-state index contributed by atoms with van der Waals surface area (Å²) in [6.07, 6.45) is 5.37. The van der Waals surface area contributed by atoms with Gasteiger partial charge in [-0.15, -0.1) is 0 Å². The summed E-state index contributed by atoms with van der Waals surface area (Å²) in [5, 5.41) is 5.26. The number of hydrogen-bond donors (Lipinski definition) is 2. The normalized spacial score (nSPS) is 16.1. The standard InChI is InChI=1S/C18H28N4O3/c1-3-25-18-15(8-7-9-19-18)21-17(24)16(23)20-12-14(2)13-22-10-5-4-6-11-22/h7-9,14H,3-6,10-13H2,1-2H3,(H,20,23)(H,21,24). The molecule has 1 aromatic heterocycles. The molecule has 1 aliphatic rings. The Bertz CT molecular complexity index is 573. The van der Waals surface area contributed by atoms with Crippen LogP contribution < -0.4 is 15.4 Å². The molecule has 0 bridgehead atoms. The second-order valence-electron chi connectivity index (χ2n) is 6.42.